The molecule has 11 heteroatoms. The van der Waals surface area contributed by atoms with Crippen molar-refractivity contribution in [1.29, 1.82) is 5.41 Å². The third kappa shape index (κ3) is 5.66. The summed E-state index contributed by atoms with van der Waals surface area (Å²) in [4.78, 5) is 49.7. The molecule has 5 atom stereocenters. The molecule has 0 saturated carbocycles. The highest BCUT2D eigenvalue weighted by Crippen LogP contribution is 2.29. The zero-order valence-corrected chi connectivity index (χ0v) is 16.8. The minimum absolute atomic E-state index is 0.0762. The predicted octanol–water partition coefficient (Wildman–Crippen LogP) is -2.46. The Morgan fingerprint density at radius 3 is 2.38 bits per heavy atom. The van der Waals surface area contributed by atoms with Crippen molar-refractivity contribution in [3.05, 3.63) is 0 Å². The van der Waals surface area contributed by atoms with Crippen LogP contribution in [0.25, 0.3) is 0 Å². The number of hydrogen-bond acceptors (Lipinski definition) is 6. The van der Waals surface area contributed by atoms with Crippen molar-refractivity contribution in [2.75, 3.05) is 13.1 Å². The number of rotatable bonds is 8. The van der Waals surface area contributed by atoms with E-state index in [-0.39, 0.29) is 42.6 Å². The van der Waals surface area contributed by atoms with Crippen molar-refractivity contribution in [2.45, 2.75) is 51.2 Å². The summed E-state index contributed by atoms with van der Waals surface area (Å²) in [6.07, 6.45) is 0.981. The molecule has 1 unspecified atom stereocenters. The van der Waals surface area contributed by atoms with Crippen LogP contribution >= 0.6 is 0 Å². The first kappa shape index (κ1) is 22.6. The number of Topliss-reactive ketones (excluding diaryl/α,β-unsaturated/α-hetero) is 1. The highest BCUT2D eigenvalue weighted by molar-refractivity contribution is 5.98. The van der Waals surface area contributed by atoms with Crippen molar-refractivity contribution in [2.24, 2.45) is 29.2 Å². The molecule has 29 heavy (non-hydrogen) atoms. The van der Waals surface area contributed by atoms with Gasteiger partial charge < -0.3 is 32.7 Å². The number of carbonyl (C=O) groups excluding carboxylic acids is 4. The lowest BCUT2D eigenvalue weighted by molar-refractivity contribution is -0.143. The molecular weight excluding hydrogens is 378 g/mol. The molecule has 0 aromatic carbocycles. The van der Waals surface area contributed by atoms with E-state index in [9.17, 15) is 19.2 Å². The lowest BCUT2D eigenvalue weighted by Crippen LogP contribution is -2.65. The quantitative estimate of drug-likeness (QED) is 0.131. The van der Waals surface area contributed by atoms with Crippen LogP contribution in [0.1, 0.15) is 33.1 Å². The van der Waals surface area contributed by atoms with Gasteiger partial charge in [-0.15, -0.1) is 0 Å². The number of guanidine groups is 1. The van der Waals surface area contributed by atoms with Gasteiger partial charge in [-0.2, -0.15) is 0 Å². The molecule has 0 aromatic rings. The number of primary amides is 1. The fourth-order valence-electron chi connectivity index (χ4n) is 3.94. The molecule has 2 heterocycles. The molecule has 162 valence electrons. The predicted molar refractivity (Wildman–Crippen MR) is 105 cm³/mol. The average Bonchev–Trinajstić information content (AvgIpc) is 2.64. The molecule has 0 bridgehead atoms. The summed E-state index contributed by atoms with van der Waals surface area (Å²) in [7, 11) is 0. The van der Waals surface area contributed by atoms with Gasteiger partial charge in [0.05, 0.1) is 6.04 Å². The maximum absolute atomic E-state index is 13.2. The normalized spacial score (nSPS) is 29.7. The first-order chi connectivity index (χ1) is 13.6. The molecule has 0 aliphatic carbocycles. The third-order valence-electron chi connectivity index (χ3n) is 5.50. The van der Waals surface area contributed by atoms with E-state index < -0.39 is 35.7 Å². The number of nitrogens with one attached hydrogen (secondary N) is 5. The van der Waals surface area contributed by atoms with Gasteiger partial charge in [-0.1, -0.05) is 13.8 Å². The number of ketones is 1. The van der Waals surface area contributed by atoms with E-state index in [2.05, 4.69) is 21.3 Å². The van der Waals surface area contributed by atoms with Gasteiger partial charge in [-0.3, -0.25) is 24.6 Å². The Hall–Kier alpha value is -2.69. The Labute approximate surface area is 169 Å². The highest BCUT2D eigenvalue weighted by Gasteiger charge is 2.45. The minimum atomic E-state index is -0.918. The first-order valence-electron chi connectivity index (χ1n) is 9.86. The van der Waals surface area contributed by atoms with Gasteiger partial charge in [0.2, 0.25) is 17.7 Å². The molecule has 3 amide bonds. The standard InChI is InChI=1S/C18H31N7O4/c1-8(2)13-17(29)25-12(7-23-13)14(26)10-6-11(15(19)27)24-16(28)9(10)4-3-5-22-18(20)21/h8-13,23H,3-7H2,1-2H3,(H2,19,27)(H,24,28)(H,25,29)(H4,20,21,22)/t9-,10?,11-,12-,13+/m1/s1. The molecule has 0 spiro atoms. The van der Waals surface area contributed by atoms with Crippen LogP contribution in [0, 0.1) is 23.2 Å². The summed E-state index contributed by atoms with van der Waals surface area (Å²) in [5.41, 5.74) is 10.6. The maximum Gasteiger partial charge on any atom is 0.240 e. The second-order valence-corrected chi connectivity index (χ2v) is 7.99. The molecule has 0 radical (unpaired) electrons. The third-order valence-corrected chi connectivity index (χ3v) is 5.50. The number of nitrogens with two attached hydrogens (primary N) is 2. The van der Waals surface area contributed by atoms with Gasteiger partial charge in [0.15, 0.2) is 11.7 Å². The molecule has 2 aliphatic rings. The monoisotopic (exact) mass is 409 g/mol. The maximum atomic E-state index is 13.2. The lowest BCUT2D eigenvalue weighted by Gasteiger charge is -2.38. The van der Waals surface area contributed by atoms with Crippen molar-refractivity contribution < 1.29 is 19.2 Å². The fourth-order valence-corrected chi connectivity index (χ4v) is 3.94. The summed E-state index contributed by atoms with van der Waals surface area (Å²) < 4.78 is 0. The van der Waals surface area contributed by atoms with Crippen molar-refractivity contribution >= 4 is 29.5 Å². The Kier molecular flexibility index (Phi) is 7.54. The van der Waals surface area contributed by atoms with Crippen molar-refractivity contribution in [3.8, 4) is 0 Å². The first-order valence-corrected chi connectivity index (χ1v) is 9.86. The highest BCUT2D eigenvalue weighted by atomic mass is 16.2. The molecule has 2 saturated heterocycles. The summed E-state index contributed by atoms with van der Waals surface area (Å²) in [5, 5.41) is 18.3. The van der Waals surface area contributed by atoms with Crippen LogP contribution in [-0.4, -0.2) is 60.7 Å². The van der Waals surface area contributed by atoms with Crippen LogP contribution in [0.3, 0.4) is 0 Å². The van der Waals surface area contributed by atoms with Crippen molar-refractivity contribution in [3.63, 3.8) is 0 Å². The average molecular weight is 409 g/mol. The van der Waals surface area contributed by atoms with Gasteiger partial charge in [0.25, 0.3) is 0 Å². The van der Waals surface area contributed by atoms with Gasteiger partial charge in [-0.05, 0) is 25.2 Å². The summed E-state index contributed by atoms with van der Waals surface area (Å²) in [6, 6.07) is -2.06. The van der Waals surface area contributed by atoms with E-state index in [1.165, 1.54) is 0 Å². The van der Waals surface area contributed by atoms with Gasteiger partial charge in [0.1, 0.15) is 12.1 Å². The van der Waals surface area contributed by atoms with Crippen LogP contribution in [0.4, 0.5) is 0 Å². The molecule has 2 fully saturated rings. The Balaban J connectivity index is 2.11. The summed E-state index contributed by atoms with van der Waals surface area (Å²) in [5.74, 6) is -3.11. The number of piperazine rings is 1. The summed E-state index contributed by atoms with van der Waals surface area (Å²) >= 11 is 0. The van der Waals surface area contributed by atoms with Crippen LogP contribution in [0.5, 0.6) is 0 Å². The molecule has 2 rings (SSSR count). The minimum Gasteiger partial charge on any atom is -0.370 e. The van der Waals surface area contributed by atoms with E-state index >= 15 is 0 Å². The number of amides is 3. The summed E-state index contributed by atoms with van der Waals surface area (Å²) in [6.45, 7) is 4.48. The second-order valence-electron chi connectivity index (χ2n) is 7.99. The molecule has 0 aromatic heterocycles. The van der Waals surface area contributed by atoms with E-state index in [4.69, 9.17) is 16.9 Å². The zero-order valence-electron chi connectivity index (χ0n) is 16.8. The second kappa shape index (κ2) is 9.68. The van der Waals surface area contributed by atoms with E-state index in [1.807, 2.05) is 13.8 Å². The van der Waals surface area contributed by atoms with Crippen LogP contribution < -0.4 is 32.7 Å². The number of hydrogen-bond donors (Lipinski definition) is 7. The van der Waals surface area contributed by atoms with Crippen LogP contribution in [0.15, 0.2) is 0 Å². The van der Waals surface area contributed by atoms with E-state index in [1.54, 1.807) is 0 Å². The fraction of sp³-hybridized carbons (Fsp3) is 0.722. The van der Waals surface area contributed by atoms with Crippen LogP contribution in [0.2, 0.25) is 0 Å². The largest absolute Gasteiger partial charge is 0.370 e. The number of carbonyl (C=O) groups is 4. The SMILES string of the molecule is CC(C)[C@@H]1NC[C@H](C(=O)C2C[C@H](C(N)=O)NC(=O)[C@@H]2CCCNC(=N)N)NC1=O. The number of piperidine rings is 1. The Morgan fingerprint density at radius 1 is 1.17 bits per heavy atom. The van der Waals surface area contributed by atoms with Gasteiger partial charge in [0, 0.05) is 24.9 Å². The molecular formula is C18H31N7O4. The smallest absolute Gasteiger partial charge is 0.240 e. The van der Waals surface area contributed by atoms with E-state index in [0.717, 1.165) is 0 Å². The zero-order chi connectivity index (χ0) is 21.7. The molecule has 11 nitrogen and oxygen atoms in total. The van der Waals surface area contributed by atoms with Gasteiger partial charge >= 0.3 is 0 Å². The van der Waals surface area contributed by atoms with E-state index in [0.29, 0.717) is 19.4 Å². The van der Waals surface area contributed by atoms with Crippen LogP contribution in [-0.2, 0) is 19.2 Å². The molecule has 2 aliphatic heterocycles. The van der Waals surface area contributed by atoms with Crippen molar-refractivity contribution in [1.82, 2.24) is 21.3 Å². The lowest BCUT2D eigenvalue weighted by atomic mass is 9.75. The van der Waals surface area contributed by atoms with Gasteiger partial charge in [-0.25, -0.2) is 0 Å². The topological polar surface area (TPSA) is 192 Å². The Bertz CT molecular complexity index is 681. The molecule has 9 N–H and O–H groups in total. The Morgan fingerprint density at radius 2 is 1.83 bits per heavy atom.